The molecule has 0 fully saturated rings. The van der Waals surface area contributed by atoms with E-state index in [-0.39, 0.29) is 7.69 Å². The molecule has 0 aliphatic rings. The van der Waals surface area contributed by atoms with Crippen molar-refractivity contribution in [1.82, 2.24) is 0 Å². The second-order valence-corrected chi connectivity index (χ2v) is 5.72. The van der Waals surface area contributed by atoms with Crippen LogP contribution in [-0.2, 0) is 0 Å². The highest BCUT2D eigenvalue weighted by Gasteiger charge is 2.13. The first-order valence-electron chi connectivity index (χ1n) is 6.45. The second-order valence-electron chi connectivity index (χ2n) is 4.67. The van der Waals surface area contributed by atoms with Crippen molar-refractivity contribution in [3.63, 3.8) is 0 Å². The number of fused-ring (bicyclic) bond motifs is 5. The van der Waals surface area contributed by atoms with Crippen LogP contribution < -0.4 is 4.65 Å². The van der Waals surface area contributed by atoms with E-state index in [1.165, 1.54) is 20.9 Å². The molecule has 1 aromatic heterocycles. The van der Waals surface area contributed by atoms with Gasteiger partial charge in [-0.1, -0.05) is 42.5 Å². The van der Waals surface area contributed by atoms with E-state index in [1.54, 1.807) is 11.3 Å². The van der Waals surface area contributed by atoms with Crippen molar-refractivity contribution in [1.29, 1.82) is 0 Å². The van der Waals surface area contributed by atoms with Gasteiger partial charge < -0.3 is 9.68 Å². The van der Waals surface area contributed by atoms with Crippen molar-refractivity contribution in [3.8, 4) is 5.75 Å². The molecule has 0 radical (unpaired) electrons. The van der Waals surface area contributed by atoms with Crippen molar-refractivity contribution >= 4 is 50.0 Å². The molecule has 0 amide bonds. The van der Waals surface area contributed by atoms with Crippen LogP contribution in [0.3, 0.4) is 0 Å². The number of hydrogen-bond donors (Lipinski definition) is 1. The summed E-state index contributed by atoms with van der Waals surface area (Å²) < 4.78 is 7.76. The molecule has 20 heavy (non-hydrogen) atoms. The van der Waals surface area contributed by atoms with Gasteiger partial charge >= 0.3 is 7.69 Å². The Labute approximate surface area is 120 Å². The predicted molar refractivity (Wildman–Crippen MR) is 86.8 cm³/mol. The molecule has 0 saturated carbocycles. The molecule has 3 aromatic carbocycles. The van der Waals surface area contributed by atoms with Crippen molar-refractivity contribution < 1.29 is 9.68 Å². The topological polar surface area (TPSA) is 29.5 Å². The van der Waals surface area contributed by atoms with Gasteiger partial charge in [-0.3, -0.25) is 0 Å². The van der Waals surface area contributed by atoms with E-state index in [4.69, 9.17) is 9.68 Å². The summed E-state index contributed by atoms with van der Waals surface area (Å²) in [5, 5.41) is 13.9. The molecule has 1 N–H and O–H groups in total. The molecule has 96 valence electrons. The summed E-state index contributed by atoms with van der Waals surface area (Å²) in [4.78, 5) is 0. The Bertz CT molecular complexity index is 930. The first-order chi connectivity index (χ1) is 9.88. The fourth-order valence-corrected chi connectivity index (χ4v) is 3.91. The van der Waals surface area contributed by atoms with Gasteiger partial charge in [-0.15, -0.1) is 11.3 Å². The van der Waals surface area contributed by atoms with Crippen molar-refractivity contribution in [2.45, 2.75) is 0 Å². The monoisotopic (exact) mass is 278 g/mol. The molecule has 0 unspecified atom stereocenters. The summed E-state index contributed by atoms with van der Waals surface area (Å²) in [6.45, 7) is 0. The summed E-state index contributed by atoms with van der Waals surface area (Å²) in [6.07, 6.45) is 0. The van der Waals surface area contributed by atoms with Crippen LogP contribution in [0.5, 0.6) is 5.75 Å². The number of hydrogen-bond acceptors (Lipinski definition) is 3. The zero-order chi connectivity index (χ0) is 13.5. The fourth-order valence-electron chi connectivity index (χ4n) is 2.72. The van der Waals surface area contributed by atoms with E-state index in [9.17, 15) is 0 Å². The Kier molecular flexibility index (Phi) is 2.65. The molecule has 1 heterocycles. The standard InChI is InChI=1S/C16H11BO2S/c18-17-19-13-9-10-5-1-2-6-11(10)15-12-7-3-4-8-14(12)20-16(13)15/h1-9,17-18H. The van der Waals surface area contributed by atoms with Crippen LogP contribution in [-0.4, -0.2) is 12.7 Å². The van der Waals surface area contributed by atoms with Gasteiger partial charge in [0.1, 0.15) is 5.75 Å². The fraction of sp³-hybridized carbons (Fsp3) is 0. The third-order valence-electron chi connectivity index (χ3n) is 3.56. The summed E-state index contributed by atoms with van der Waals surface area (Å²) in [6, 6.07) is 18.7. The zero-order valence-electron chi connectivity index (χ0n) is 10.7. The molecular weight excluding hydrogens is 267 g/mol. The van der Waals surface area contributed by atoms with Gasteiger partial charge in [-0.2, -0.15) is 0 Å². The van der Waals surface area contributed by atoms with E-state index in [0.29, 0.717) is 0 Å². The molecule has 0 aliphatic heterocycles. The summed E-state index contributed by atoms with van der Waals surface area (Å²) >= 11 is 1.71. The van der Waals surface area contributed by atoms with Gasteiger partial charge in [-0.25, -0.2) is 0 Å². The van der Waals surface area contributed by atoms with Crippen LogP contribution in [0.1, 0.15) is 0 Å². The van der Waals surface area contributed by atoms with Crippen molar-refractivity contribution in [3.05, 3.63) is 54.6 Å². The lowest BCUT2D eigenvalue weighted by Crippen LogP contribution is -1.99. The second kappa shape index (κ2) is 4.51. The van der Waals surface area contributed by atoms with Crippen LogP contribution in [0.25, 0.3) is 30.9 Å². The first-order valence-corrected chi connectivity index (χ1v) is 7.27. The number of rotatable bonds is 2. The normalized spacial score (nSPS) is 11.2. The van der Waals surface area contributed by atoms with Gasteiger partial charge in [0.25, 0.3) is 0 Å². The van der Waals surface area contributed by atoms with Crippen LogP contribution >= 0.6 is 11.3 Å². The Hall–Kier alpha value is -2.04. The third-order valence-corrected chi connectivity index (χ3v) is 4.74. The largest absolute Gasteiger partial charge is 0.538 e. The molecule has 0 aliphatic carbocycles. The van der Waals surface area contributed by atoms with Gasteiger partial charge in [0, 0.05) is 15.5 Å². The molecule has 0 atom stereocenters. The highest BCUT2D eigenvalue weighted by Crippen LogP contribution is 2.43. The molecule has 4 aromatic rings. The minimum absolute atomic E-state index is 0.304. The van der Waals surface area contributed by atoms with Gasteiger partial charge in [-0.05, 0) is 22.9 Å². The van der Waals surface area contributed by atoms with E-state index in [2.05, 4.69) is 36.4 Å². The van der Waals surface area contributed by atoms with Gasteiger partial charge in [0.2, 0.25) is 0 Å². The Morgan fingerprint density at radius 2 is 1.70 bits per heavy atom. The molecular formula is C16H11BO2S. The molecule has 4 rings (SSSR count). The molecule has 0 spiro atoms. The Balaban J connectivity index is 2.27. The molecule has 0 bridgehead atoms. The maximum Gasteiger partial charge on any atom is 0.504 e. The number of thiophene rings is 1. The SMILES string of the molecule is OBOc1cc2ccccc2c2c1sc1ccccc12. The molecule has 0 saturated heterocycles. The first kappa shape index (κ1) is 11.8. The zero-order valence-corrected chi connectivity index (χ0v) is 11.5. The summed E-state index contributed by atoms with van der Waals surface area (Å²) in [5.74, 6) is 0.752. The molecule has 2 nitrogen and oxygen atoms in total. The maximum atomic E-state index is 9.11. The minimum atomic E-state index is -0.304. The molecule has 4 heteroatoms. The summed E-state index contributed by atoms with van der Waals surface area (Å²) in [7, 11) is -0.304. The van der Waals surface area contributed by atoms with Crippen LogP contribution in [0.15, 0.2) is 54.6 Å². The highest BCUT2D eigenvalue weighted by molar-refractivity contribution is 7.26. The van der Waals surface area contributed by atoms with E-state index in [1.807, 2.05) is 18.2 Å². The lowest BCUT2D eigenvalue weighted by atomic mass is 10.0. The average Bonchev–Trinajstić information content (AvgIpc) is 2.88. The third kappa shape index (κ3) is 1.62. The highest BCUT2D eigenvalue weighted by atomic mass is 32.1. The lowest BCUT2D eigenvalue weighted by molar-refractivity contribution is 0.457. The smallest absolute Gasteiger partial charge is 0.504 e. The van der Waals surface area contributed by atoms with Crippen molar-refractivity contribution in [2.75, 3.05) is 0 Å². The lowest BCUT2D eigenvalue weighted by Gasteiger charge is -2.07. The van der Waals surface area contributed by atoms with Gasteiger partial charge in [0.05, 0.1) is 4.70 Å². The minimum Gasteiger partial charge on any atom is -0.538 e. The summed E-state index contributed by atoms with van der Waals surface area (Å²) in [5.41, 5.74) is 0. The number of benzene rings is 3. The average molecular weight is 278 g/mol. The van der Waals surface area contributed by atoms with Crippen LogP contribution in [0, 0.1) is 0 Å². The predicted octanol–water partition coefficient (Wildman–Crippen LogP) is 3.85. The Morgan fingerprint density at radius 1 is 0.950 bits per heavy atom. The van der Waals surface area contributed by atoms with E-state index >= 15 is 0 Å². The Morgan fingerprint density at radius 3 is 2.55 bits per heavy atom. The van der Waals surface area contributed by atoms with E-state index < -0.39 is 0 Å². The van der Waals surface area contributed by atoms with Crippen LogP contribution in [0.4, 0.5) is 0 Å². The maximum absolute atomic E-state index is 9.11. The van der Waals surface area contributed by atoms with Crippen molar-refractivity contribution in [2.24, 2.45) is 0 Å². The van der Waals surface area contributed by atoms with Crippen LogP contribution in [0.2, 0.25) is 0 Å². The quantitative estimate of drug-likeness (QED) is 0.564. The van der Waals surface area contributed by atoms with Gasteiger partial charge in [0.15, 0.2) is 0 Å². The van der Waals surface area contributed by atoms with E-state index in [0.717, 1.165) is 15.8 Å².